The van der Waals surface area contributed by atoms with Crippen molar-refractivity contribution < 1.29 is 0 Å². The second kappa shape index (κ2) is 3.53. The van der Waals surface area contributed by atoms with Crippen molar-refractivity contribution in [2.75, 3.05) is 17.2 Å². The Kier molecular flexibility index (Phi) is 2.21. The van der Waals surface area contributed by atoms with Crippen LogP contribution in [0.2, 0.25) is 0 Å². The molecule has 0 fully saturated rings. The summed E-state index contributed by atoms with van der Waals surface area (Å²) < 4.78 is 0. The van der Waals surface area contributed by atoms with Crippen molar-refractivity contribution in [3.8, 4) is 11.1 Å². The van der Waals surface area contributed by atoms with Crippen LogP contribution in [0.3, 0.4) is 0 Å². The van der Waals surface area contributed by atoms with E-state index >= 15 is 0 Å². The van der Waals surface area contributed by atoms with Gasteiger partial charge >= 0.3 is 0 Å². The highest BCUT2D eigenvalue weighted by molar-refractivity contribution is 5.89. The average Bonchev–Trinajstić information content (AvgIpc) is 2.23. The highest BCUT2D eigenvalue weighted by atomic mass is 14.7. The van der Waals surface area contributed by atoms with Crippen LogP contribution in [0.1, 0.15) is 0 Å². The van der Waals surface area contributed by atoms with Crippen molar-refractivity contribution in [3.63, 3.8) is 0 Å². The summed E-state index contributed by atoms with van der Waals surface area (Å²) in [5, 5.41) is 0. The summed E-state index contributed by atoms with van der Waals surface area (Å²) in [5.41, 5.74) is 21.2. The van der Waals surface area contributed by atoms with E-state index in [9.17, 15) is 0 Å². The van der Waals surface area contributed by atoms with Gasteiger partial charge in [-0.1, -0.05) is 30.3 Å². The van der Waals surface area contributed by atoms with E-state index < -0.39 is 0 Å². The predicted octanol–water partition coefficient (Wildman–Crippen LogP) is 2.10. The molecule has 15 heavy (non-hydrogen) atoms. The van der Waals surface area contributed by atoms with E-state index in [1.165, 1.54) is 0 Å². The van der Waals surface area contributed by atoms with Crippen LogP contribution in [-0.4, -0.2) is 0 Å². The lowest BCUT2D eigenvalue weighted by Crippen LogP contribution is -1.98. The zero-order valence-corrected chi connectivity index (χ0v) is 8.27. The number of anilines is 3. The van der Waals surface area contributed by atoms with Crippen LogP contribution in [0.4, 0.5) is 17.1 Å². The quantitative estimate of drug-likeness (QED) is 0.615. The molecule has 0 heterocycles. The Bertz CT molecular complexity index is 492. The summed E-state index contributed by atoms with van der Waals surface area (Å²) in [5.74, 6) is 0. The molecule has 2 aromatic carbocycles. The highest BCUT2D eigenvalue weighted by Crippen LogP contribution is 2.33. The molecule has 0 atom stereocenters. The van der Waals surface area contributed by atoms with E-state index in [0.717, 1.165) is 11.1 Å². The van der Waals surface area contributed by atoms with Crippen molar-refractivity contribution in [1.29, 1.82) is 0 Å². The van der Waals surface area contributed by atoms with Gasteiger partial charge in [0.15, 0.2) is 0 Å². The standard InChI is InChI=1S/C12H13N3/c13-10-6-2-1-4-8(10)9-5-3-7-11(14)12(9)15/h1-7H,13-15H2. The minimum Gasteiger partial charge on any atom is -0.398 e. The SMILES string of the molecule is Nc1ccccc1-c1cccc(N)c1N. The summed E-state index contributed by atoms with van der Waals surface area (Å²) in [6.07, 6.45) is 0. The molecule has 0 saturated heterocycles. The maximum Gasteiger partial charge on any atom is 0.0628 e. The first-order valence-corrected chi connectivity index (χ1v) is 4.69. The molecule has 2 aromatic rings. The van der Waals surface area contributed by atoms with Gasteiger partial charge in [-0.15, -0.1) is 0 Å². The number of benzene rings is 2. The van der Waals surface area contributed by atoms with Crippen molar-refractivity contribution >= 4 is 17.1 Å². The van der Waals surface area contributed by atoms with Crippen LogP contribution in [0.5, 0.6) is 0 Å². The third kappa shape index (κ3) is 1.59. The Morgan fingerprint density at radius 1 is 0.600 bits per heavy atom. The van der Waals surface area contributed by atoms with Crippen molar-refractivity contribution in [1.82, 2.24) is 0 Å². The van der Waals surface area contributed by atoms with E-state index in [4.69, 9.17) is 17.2 Å². The number of para-hydroxylation sites is 2. The number of rotatable bonds is 1. The van der Waals surface area contributed by atoms with Gasteiger partial charge in [0.05, 0.1) is 11.4 Å². The largest absolute Gasteiger partial charge is 0.398 e. The smallest absolute Gasteiger partial charge is 0.0628 e. The van der Waals surface area contributed by atoms with E-state index in [0.29, 0.717) is 17.1 Å². The summed E-state index contributed by atoms with van der Waals surface area (Å²) in [6, 6.07) is 13.1. The van der Waals surface area contributed by atoms with Crippen molar-refractivity contribution in [2.45, 2.75) is 0 Å². The van der Waals surface area contributed by atoms with E-state index in [1.807, 2.05) is 36.4 Å². The van der Waals surface area contributed by atoms with Gasteiger partial charge < -0.3 is 17.2 Å². The molecular formula is C12H13N3. The second-order valence-electron chi connectivity index (χ2n) is 3.40. The molecule has 0 aromatic heterocycles. The summed E-state index contributed by atoms with van der Waals surface area (Å²) in [6.45, 7) is 0. The molecule has 0 amide bonds. The van der Waals surface area contributed by atoms with Gasteiger partial charge in [-0.3, -0.25) is 0 Å². The van der Waals surface area contributed by atoms with Crippen LogP contribution in [-0.2, 0) is 0 Å². The molecule has 0 aliphatic heterocycles. The fourth-order valence-electron chi connectivity index (χ4n) is 1.56. The monoisotopic (exact) mass is 199 g/mol. The number of nitrogen functional groups attached to an aromatic ring is 3. The van der Waals surface area contributed by atoms with Gasteiger partial charge in [-0.2, -0.15) is 0 Å². The Morgan fingerprint density at radius 2 is 1.20 bits per heavy atom. The third-order valence-corrected chi connectivity index (χ3v) is 2.39. The van der Waals surface area contributed by atoms with Crippen molar-refractivity contribution in [2.24, 2.45) is 0 Å². The number of hydrogen-bond acceptors (Lipinski definition) is 3. The normalized spacial score (nSPS) is 10.1. The van der Waals surface area contributed by atoms with E-state index in [1.54, 1.807) is 6.07 Å². The average molecular weight is 199 g/mol. The zero-order chi connectivity index (χ0) is 10.8. The van der Waals surface area contributed by atoms with Gasteiger partial charge in [-0.25, -0.2) is 0 Å². The predicted molar refractivity (Wildman–Crippen MR) is 65.1 cm³/mol. The first kappa shape index (κ1) is 9.40. The minimum atomic E-state index is 0.579. The van der Waals surface area contributed by atoms with Crippen LogP contribution in [0.25, 0.3) is 11.1 Å². The lowest BCUT2D eigenvalue weighted by molar-refractivity contribution is 1.60. The summed E-state index contributed by atoms with van der Waals surface area (Å²) in [7, 11) is 0. The highest BCUT2D eigenvalue weighted by Gasteiger charge is 2.06. The number of hydrogen-bond donors (Lipinski definition) is 3. The zero-order valence-electron chi connectivity index (χ0n) is 8.27. The van der Waals surface area contributed by atoms with Crippen LogP contribution in [0.15, 0.2) is 42.5 Å². The van der Waals surface area contributed by atoms with Crippen LogP contribution < -0.4 is 17.2 Å². The molecule has 0 aliphatic rings. The minimum absolute atomic E-state index is 0.579. The van der Waals surface area contributed by atoms with E-state index in [-0.39, 0.29) is 0 Å². The summed E-state index contributed by atoms with van der Waals surface area (Å²) in [4.78, 5) is 0. The van der Waals surface area contributed by atoms with Crippen molar-refractivity contribution in [3.05, 3.63) is 42.5 Å². The van der Waals surface area contributed by atoms with Crippen LogP contribution >= 0.6 is 0 Å². The molecule has 3 nitrogen and oxygen atoms in total. The molecule has 0 unspecified atom stereocenters. The van der Waals surface area contributed by atoms with Gasteiger partial charge in [-0.05, 0) is 12.1 Å². The fourth-order valence-corrected chi connectivity index (χ4v) is 1.56. The molecule has 0 bridgehead atoms. The maximum atomic E-state index is 5.90. The van der Waals surface area contributed by atoms with Gasteiger partial charge in [0, 0.05) is 16.8 Å². The topological polar surface area (TPSA) is 78.1 Å². The molecular weight excluding hydrogens is 186 g/mol. The molecule has 2 rings (SSSR count). The number of nitrogens with two attached hydrogens (primary N) is 3. The van der Waals surface area contributed by atoms with Gasteiger partial charge in [0.2, 0.25) is 0 Å². The molecule has 0 aliphatic carbocycles. The molecule has 76 valence electrons. The molecule has 3 heteroatoms. The molecule has 6 N–H and O–H groups in total. The third-order valence-electron chi connectivity index (χ3n) is 2.39. The Hall–Kier alpha value is -2.16. The maximum absolute atomic E-state index is 5.90. The van der Waals surface area contributed by atoms with Gasteiger partial charge in [0.1, 0.15) is 0 Å². The first-order chi connectivity index (χ1) is 7.20. The molecule has 0 spiro atoms. The Balaban J connectivity index is 2.65. The Morgan fingerprint density at radius 3 is 1.93 bits per heavy atom. The molecule has 0 saturated carbocycles. The second-order valence-corrected chi connectivity index (χ2v) is 3.40. The summed E-state index contributed by atoms with van der Waals surface area (Å²) >= 11 is 0. The Labute approximate surface area is 88.5 Å². The van der Waals surface area contributed by atoms with Crippen LogP contribution in [0, 0.1) is 0 Å². The lowest BCUT2D eigenvalue weighted by Gasteiger charge is -2.10. The fraction of sp³-hybridized carbons (Fsp3) is 0. The van der Waals surface area contributed by atoms with Gasteiger partial charge in [0.25, 0.3) is 0 Å². The molecule has 0 radical (unpaired) electrons. The van der Waals surface area contributed by atoms with E-state index in [2.05, 4.69) is 0 Å². The first-order valence-electron chi connectivity index (χ1n) is 4.69. The lowest BCUT2D eigenvalue weighted by atomic mass is 10.0.